The average Bonchev–Trinajstić information content (AvgIpc) is 2.76. The van der Waals surface area contributed by atoms with E-state index >= 15 is 0 Å². The van der Waals surface area contributed by atoms with Gasteiger partial charge in [-0.15, -0.1) is 0 Å². The molecule has 0 atom stereocenters. The third-order valence-electron chi connectivity index (χ3n) is 4.66. The zero-order valence-electron chi connectivity index (χ0n) is 17.1. The third-order valence-corrected chi connectivity index (χ3v) is 4.66. The van der Waals surface area contributed by atoms with Crippen LogP contribution in [0.2, 0.25) is 0 Å². The number of anilines is 1. The fraction of sp³-hybridized carbons (Fsp3) is 0.217. The number of pyridine rings is 1. The van der Waals surface area contributed by atoms with Crippen LogP contribution in [0.3, 0.4) is 0 Å². The van der Waals surface area contributed by atoms with E-state index in [1.807, 2.05) is 0 Å². The third kappa shape index (κ3) is 4.68. The molecule has 1 heterocycles. The van der Waals surface area contributed by atoms with Crippen molar-refractivity contribution in [1.29, 1.82) is 0 Å². The lowest BCUT2D eigenvalue weighted by molar-refractivity contribution is 0.0983. The summed E-state index contributed by atoms with van der Waals surface area (Å²) in [6, 6.07) is 15.1. The summed E-state index contributed by atoms with van der Waals surface area (Å²) < 4.78 is 23.9. The standard InChI is InChI=1S/C23H23FN2O4/c1-15-7-8-21(22(27)25-15)23(28)26(18-6-4-5-16(9-18)13-24)14-17-10-19(29-2)12-20(11-17)30-3/h4-12H,13-14H2,1-3H3,(H,25,27). The topological polar surface area (TPSA) is 71.6 Å². The van der Waals surface area contributed by atoms with Crippen molar-refractivity contribution in [3.05, 3.63) is 87.3 Å². The molecule has 1 N–H and O–H groups in total. The van der Waals surface area contributed by atoms with Crippen molar-refractivity contribution < 1.29 is 18.7 Å². The number of nitrogens with zero attached hydrogens (tertiary/aromatic N) is 1. The maximum absolute atomic E-state index is 13.3. The first-order valence-corrected chi connectivity index (χ1v) is 9.33. The summed E-state index contributed by atoms with van der Waals surface area (Å²) in [6.45, 7) is 1.21. The van der Waals surface area contributed by atoms with Crippen molar-refractivity contribution >= 4 is 11.6 Å². The minimum Gasteiger partial charge on any atom is -0.497 e. The predicted octanol–water partition coefficient (Wildman–Crippen LogP) is 4.02. The Labute approximate surface area is 173 Å². The first-order chi connectivity index (χ1) is 14.4. The van der Waals surface area contributed by atoms with Crippen molar-refractivity contribution in [3.8, 4) is 11.5 Å². The molecular weight excluding hydrogens is 387 g/mol. The van der Waals surface area contributed by atoms with Gasteiger partial charge in [0.05, 0.1) is 20.8 Å². The number of nitrogens with one attached hydrogen (secondary N) is 1. The quantitative estimate of drug-likeness (QED) is 0.639. The molecule has 3 aromatic rings. The lowest BCUT2D eigenvalue weighted by Crippen LogP contribution is -2.34. The first kappa shape index (κ1) is 21.1. The summed E-state index contributed by atoms with van der Waals surface area (Å²) in [5.74, 6) is 0.652. The van der Waals surface area contributed by atoms with Crippen molar-refractivity contribution in [2.75, 3.05) is 19.1 Å². The second-order valence-corrected chi connectivity index (χ2v) is 6.80. The molecule has 7 heteroatoms. The minimum absolute atomic E-state index is 0.00103. The van der Waals surface area contributed by atoms with E-state index in [9.17, 15) is 14.0 Å². The maximum Gasteiger partial charge on any atom is 0.264 e. The number of aryl methyl sites for hydroxylation is 1. The molecule has 0 radical (unpaired) electrons. The highest BCUT2D eigenvalue weighted by Gasteiger charge is 2.22. The number of hydrogen-bond donors (Lipinski definition) is 1. The van der Waals surface area contributed by atoms with Gasteiger partial charge in [0.2, 0.25) is 0 Å². The van der Waals surface area contributed by atoms with E-state index in [0.29, 0.717) is 28.4 Å². The molecule has 0 unspecified atom stereocenters. The Morgan fingerprint density at radius 1 is 1.00 bits per heavy atom. The van der Waals surface area contributed by atoms with Crippen LogP contribution in [0.25, 0.3) is 0 Å². The lowest BCUT2D eigenvalue weighted by Gasteiger charge is -2.24. The number of amides is 1. The fourth-order valence-corrected chi connectivity index (χ4v) is 3.11. The zero-order valence-corrected chi connectivity index (χ0v) is 17.1. The Hall–Kier alpha value is -3.61. The molecule has 0 bridgehead atoms. The van der Waals surface area contributed by atoms with E-state index < -0.39 is 18.1 Å². The number of carbonyl (C=O) groups is 1. The van der Waals surface area contributed by atoms with Gasteiger partial charge in [0.1, 0.15) is 23.7 Å². The van der Waals surface area contributed by atoms with Crippen molar-refractivity contribution in [2.24, 2.45) is 0 Å². The predicted molar refractivity (Wildman–Crippen MR) is 113 cm³/mol. The van der Waals surface area contributed by atoms with Crippen LogP contribution in [-0.2, 0) is 13.2 Å². The second-order valence-electron chi connectivity index (χ2n) is 6.80. The van der Waals surface area contributed by atoms with E-state index in [1.54, 1.807) is 55.5 Å². The van der Waals surface area contributed by atoms with Gasteiger partial charge in [0, 0.05) is 17.4 Å². The SMILES string of the molecule is COc1cc(CN(C(=O)c2ccc(C)[nH]c2=O)c2cccc(CF)c2)cc(OC)c1. The highest BCUT2D eigenvalue weighted by molar-refractivity contribution is 6.05. The Kier molecular flexibility index (Phi) is 6.51. The van der Waals surface area contributed by atoms with Crippen LogP contribution in [0.5, 0.6) is 11.5 Å². The van der Waals surface area contributed by atoms with Crippen LogP contribution in [0.15, 0.2) is 59.4 Å². The molecule has 1 aromatic heterocycles. The van der Waals surface area contributed by atoms with Gasteiger partial charge in [-0.1, -0.05) is 12.1 Å². The number of rotatable bonds is 7. The van der Waals surface area contributed by atoms with E-state index in [0.717, 1.165) is 5.56 Å². The summed E-state index contributed by atoms with van der Waals surface area (Å²) in [5, 5.41) is 0. The average molecular weight is 410 g/mol. The normalized spacial score (nSPS) is 10.5. The summed E-state index contributed by atoms with van der Waals surface area (Å²) in [5.41, 5.74) is 1.83. The number of aromatic amines is 1. The van der Waals surface area contributed by atoms with Gasteiger partial charge >= 0.3 is 0 Å². The van der Waals surface area contributed by atoms with Crippen LogP contribution in [0, 0.1) is 6.92 Å². The van der Waals surface area contributed by atoms with Crippen LogP contribution in [0.4, 0.5) is 10.1 Å². The molecule has 0 saturated carbocycles. The number of ether oxygens (including phenoxy) is 2. The van der Waals surface area contributed by atoms with E-state index in [2.05, 4.69) is 4.98 Å². The second kappa shape index (κ2) is 9.26. The molecule has 0 aliphatic heterocycles. The summed E-state index contributed by atoms with van der Waals surface area (Å²) in [4.78, 5) is 29.8. The van der Waals surface area contributed by atoms with E-state index in [4.69, 9.17) is 9.47 Å². The van der Waals surface area contributed by atoms with Crippen LogP contribution in [0.1, 0.15) is 27.2 Å². The highest BCUT2D eigenvalue weighted by atomic mass is 19.1. The van der Waals surface area contributed by atoms with Crippen LogP contribution in [-0.4, -0.2) is 25.1 Å². The van der Waals surface area contributed by atoms with Crippen LogP contribution >= 0.6 is 0 Å². The van der Waals surface area contributed by atoms with Gasteiger partial charge in [-0.25, -0.2) is 4.39 Å². The van der Waals surface area contributed by atoms with Gasteiger partial charge in [-0.3, -0.25) is 9.59 Å². The van der Waals surface area contributed by atoms with E-state index in [1.165, 1.54) is 25.2 Å². The molecule has 0 aliphatic rings. The molecule has 0 spiro atoms. The number of carbonyl (C=O) groups excluding carboxylic acids is 1. The van der Waals surface area contributed by atoms with Gasteiger partial charge in [0.15, 0.2) is 0 Å². The Morgan fingerprint density at radius 3 is 2.30 bits per heavy atom. The summed E-state index contributed by atoms with van der Waals surface area (Å²) in [6.07, 6.45) is 0. The Bertz CT molecular complexity index is 1090. The molecule has 30 heavy (non-hydrogen) atoms. The first-order valence-electron chi connectivity index (χ1n) is 9.33. The summed E-state index contributed by atoms with van der Waals surface area (Å²) >= 11 is 0. The number of hydrogen-bond acceptors (Lipinski definition) is 4. The monoisotopic (exact) mass is 410 g/mol. The molecule has 2 aromatic carbocycles. The minimum atomic E-state index is -0.659. The van der Waals surface area contributed by atoms with Crippen molar-refractivity contribution in [1.82, 2.24) is 4.98 Å². The lowest BCUT2D eigenvalue weighted by atomic mass is 10.1. The molecule has 0 fully saturated rings. The van der Waals surface area contributed by atoms with Gasteiger partial charge in [0.25, 0.3) is 11.5 Å². The maximum atomic E-state index is 13.3. The Morgan fingerprint density at radius 2 is 1.70 bits per heavy atom. The molecule has 3 rings (SSSR count). The number of alkyl halides is 1. The molecule has 0 saturated heterocycles. The number of methoxy groups -OCH3 is 2. The molecule has 6 nitrogen and oxygen atoms in total. The van der Waals surface area contributed by atoms with Gasteiger partial charge in [-0.2, -0.15) is 0 Å². The number of benzene rings is 2. The van der Waals surface area contributed by atoms with Crippen LogP contribution < -0.4 is 19.9 Å². The molecular formula is C23H23FN2O4. The molecule has 156 valence electrons. The Balaban J connectivity index is 2.08. The summed E-state index contributed by atoms with van der Waals surface area (Å²) in [7, 11) is 3.08. The van der Waals surface area contributed by atoms with Gasteiger partial charge < -0.3 is 19.4 Å². The van der Waals surface area contributed by atoms with E-state index in [-0.39, 0.29) is 12.1 Å². The smallest absolute Gasteiger partial charge is 0.264 e. The molecule has 1 amide bonds. The zero-order chi connectivity index (χ0) is 21.7. The fourth-order valence-electron chi connectivity index (χ4n) is 3.11. The van der Waals surface area contributed by atoms with Gasteiger partial charge in [-0.05, 0) is 54.4 Å². The number of aromatic nitrogens is 1. The van der Waals surface area contributed by atoms with Crippen molar-refractivity contribution in [3.63, 3.8) is 0 Å². The largest absolute Gasteiger partial charge is 0.497 e. The number of halogens is 1. The van der Waals surface area contributed by atoms with Crippen molar-refractivity contribution in [2.45, 2.75) is 20.1 Å². The molecule has 0 aliphatic carbocycles. The highest BCUT2D eigenvalue weighted by Crippen LogP contribution is 2.26. The number of H-pyrrole nitrogens is 1.